The number of pyridine rings is 1. The van der Waals surface area contributed by atoms with E-state index in [1.165, 1.54) is 0 Å². The number of ether oxygens (including phenoxy) is 2. The van der Waals surface area contributed by atoms with Crippen LogP contribution in [0.1, 0.15) is 28.1 Å². The number of hydrogen-bond donors (Lipinski definition) is 0. The van der Waals surface area contributed by atoms with Gasteiger partial charge in [-0.2, -0.15) is 0 Å². The molecule has 38 heavy (non-hydrogen) atoms. The van der Waals surface area contributed by atoms with Gasteiger partial charge in [-0.05, 0) is 78.7 Å². The molecule has 5 aromatic rings. The molecule has 0 aliphatic heterocycles. The minimum Gasteiger partial charge on any atom is -0.493 e. The van der Waals surface area contributed by atoms with E-state index in [0.717, 1.165) is 27.9 Å². The highest BCUT2D eigenvalue weighted by molar-refractivity contribution is 5.80. The molecule has 2 heterocycles. The summed E-state index contributed by atoms with van der Waals surface area (Å²) in [5, 5.41) is 0.551. The number of methoxy groups -OCH3 is 2. The standard InChI is InChI=1S/C32H25N3O3/c1-22-19-23(10-11-25-7-6-18-33-21-25)12-15-28(22)35-31(34-27-9-5-4-8-26(27)32(35)36)17-14-24-13-16-29(37-2)30(20-24)38-3/h4-9,12-21H,1-3H3/b17-14+. The van der Waals surface area contributed by atoms with Crippen molar-refractivity contribution in [2.75, 3.05) is 14.2 Å². The molecular formula is C32H25N3O3. The number of benzene rings is 3. The smallest absolute Gasteiger partial charge is 0.266 e. The Hall–Kier alpha value is -5.15. The fraction of sp³-hybridized carbons (Fsp3) is 0.0938. The average molecular weight is 500 g/mol. The lowest BCUT2D eigenvalue weighted by molar-refractivity contribution is 0.355. The summed E-state index contributed by atoms with van der Waals surface area (Å²) in [6.07, 6.45) is 7.19. The fourth-order valence-corrected chi connectivity index (χ4v) is 4.19. The van der Waals surface area contributed by atoms with Crippen molar-refractivity contribution in [1.29, 1.82) is 0 Å². The number of hydrogen-bond acceptors (Lipinski definition) is 5. The van der Waals surface area contributed by atoms with Crippen LogP contribution in [0.15, 0.2) is 90.0 Å². The predicted molar refractivity (Wildman–Crippen MR) is 151 cm³/mol. The van der Waals surface area contributed by atoms with Crippen LogP contribution in [-0.2, 0) is 0 Å². The summed E-state index contributed by atoms with van der Waals surface area (Å²) in [6, 6.07) is 22.6. The lowest BCUT2D eigenvalue weighted by Crippen LogP contribution is -2.23. The van der Waals surface area contributed by atoms with Crippen LogP contribution in [0.3, 0.4) is 0 Å². The van der Waals surface area contributed by atoms with Gasteiger partial charge in [-0.15, -0.1) is 0 Å². The number of fused-ring (bicyclic) bond motifs is 1. The van der Waals surface area contributed by atoms with Gasteiger partial charge in [0, 0.05) is 23.5 Å². The maximum Gasteiger partial charge on any atom is 0.266 e. The highest BCUT2D eigenvalue weighted by Gasteiger charge is 2.13. The van der Waals surface area contributed by atoms with E-state index < -0.39 is 0 Å². The Kier molecular flexibility index (Phi) is 7.01. The van der Waals surface area contributed by atoms with Crippen molar-refractivity contribution in [3.05, 3.63) is 124 Å². The monoisotopic (exact) mass is 499 g/mol. The molecule has 0 aliphatic rings. The number of aromatic nitrogens is 3. The number of rotatable bonds is 5. The summed E-state index contributed by atoms with van der Waals surface area (Å²) >= 11 is 0. The molecule has 0 radical (unpaired) electrons. The summed E-state index contributed by atoms with van der Waals surface area (Å²) in [6.45, 7) is 1.97. The molecule has 0 fully saturated rings. The molecule has 0 saturated carbocycles. The van der Waals surface area contributed by atoms with Crippen molar-refractivity contribution in [3.63, 3.8) is 0 Å². The van der Waals surface area contributed by atoms with E-state index in [4.69, 9.17) is 14.5 Å². The minimum absolute atomic E-state index is 0.139. The normalized spacial score (nSPS) is 10.8. The minimum atomic E-state index is -0.139. The predicted octanol–water partition coefficient (Wildman–Crippen LogP) is 5.68. The molecule has 0 atom stereocenters. The second-order valence-corrected chi connectivity index (χ2v) is 8.57. The Morgan fingerprint density at radius 1 is 0.842 bits per heavy atom. The summed E-state index contributed by atoms with van der Waals surface area (Å²) in [5.41, 5.74) is 4.72. The van der Waals surface area contributed by atoms with E-state index in [1.54, 1.807) is 37.2 Å². The molecule has 186 valence electrons. The van der Waals surface area contributed by atoms with Crippen LogP contribution in [0.5, 0.6) is 11.5 Å². The first-order chi connectivity index (χ1) is 18.6. The van der Waals surface area contributed by atoms with Crippen LogP contribution in [0.25, 0.3) is 28.7 Å². The van der Waals surface area contributed by atoms with E-state index in [-0.39, 0.29) is 5.56 Å². The second-order valence-electron chi connectivity index (χ2n) is 8.57. The van der Waals surface area contributed by atoms with E-state index >= 15 is 0 Å². The molecule has 0 amide bonds. The molecular weight excluding hydrogens is 474 g/mol. The van der Waals surface area contributed by atoms with Gasteiger partial charge in [0.05, 0.1) is 30.8 Å². The average Bonchev–Trinajstić information content (AvgIpc) is 2.96. The molecule has 6 heteroatoms. The second kappa shape index (κ2) is 10.9. The van der Waals surface area contributed by atoms with Gasteiger partial charge < -0.3 is 9.47 Å². The summed E-state index contributed by atoms with van der Waals surface area (Å²) in [4.78, 5) is 22.6. The Bertz CT molecular complexity index is 1780. The first-order valence-electron chi connectivity index (χ1n) is 12.0. The Labute approximate surface area is 220 Å². The largest absolute Gasteiger partial charge is 0.493 e. The van der Waals surface area contributed by atoms with Crippen LogP contribution in [0.4, 0.5) is 0 Å². The first kappa shape index (κ1) is 24.5. The van der Waals surface area contributed by atoms with Gasteiger partial charge in [0.15, 0.2) is 11.5 Å². The SMILES string of the molecule is COc1ccc(/C=C/c2nc3ccccc3c(=O)n2-c2ccc(C#Cc3cccnc3)cc2C)cc1OC. The lowest BCUT2D eigenvalue weighted by atomic mass is 10.1. The van der Waals surface area contributed by atoms with E-state index in [1.807, 2.05) is 85.8 Å². The van der Waals surface area contributed by atoms with E-state index in [2.05, 4.69) is 16.8 Å². The van der Waals surface area contributed by atoms with Gasteiger partial charge in [-0.1, -0.05) is 36.1 Å². The van der Waals surface area contributed by atoms with E-state index in [0.29, 0.717) is 28.2 Å². The topological polar surface area (TPSA) is 66.2 Å². The lowest BCUT2D eigenvalue weighted by Gasteiger charge is -2.14. The van der Waals surface area contributed by atoms with Crippen molar-refractivity contribution in [2.45, 2.75) is 6.92 Å². The molecule has 0 unspecified atom stereocenters. The van der Waals surface area contributed by atoms with E-state index in [9.17, 15) is 4.79 Å². The van der Waals surface area contributed by atoms with Gasteiger partial charge in [-0.25, -0.2) is 4.98 Å². The summed E-state index contributed by atoms with van der Waals surface area (Å²) < 4.78 is 12.4. The van der Waals surface area contributed by atoms with Crippen LogP contribution >= 0.6 is 0 Å². The number of para-hydroxylation sites is 1. The van der Waals surface area contributed by atoms with Gasteiger partial charge in [0.25, 0.3) is 5.56 Å². The molecule has 5 rings (SSSR count). The highest BCUT2D eigenvalue weighted by atomic mass is 16.5. The summed E-state index contributed by atoms with van der Waals surface area (Å²) in [7, 11) is 3.20. The number of nitrogens with zero attached hydrogens (tertiary/aromatic N) is 3. The van der Waals surface area contributed by atoms with Crippen LogP contribution in [0.2, 0.25) is 0 Å². The molecule has 0 aliphatic carbocycles. The molecule has 0 N–H and O–H groups in total. The number of aryl methyl sites for hydroxylation is 1. The Morgan fingerprint density at radius 2 is 1.66 bits per heavy atom. The molecule has 3 aromatic carbocycles. The van der Waals surface area contributed by atoms with Crippen molar-refractivity contribution < 1.29 is 9.47 Å². The molecule has 0 spiro atoms. The zero-order valence-electron chi connectivity index (χ0n) is 21.3. The quantitative estimate of drug-likeness (QED) is 0.291. The summed E-state index contributed by atoms with van der Waals surface area (Å²) in [5.74, 6) is 8.09. The van der Waals surface area contributed by atoms with Gasteiger partial charge in [0.2, 0.25) is 0 Å². The maximum absolute atomic E-state index is 13.7. The zero-order valence-corrected chi connectivity index (χ0v) is 21.3. The Morgan fingerprint density at radius 3 is 2.42 bits per heavy atom. The maximum atomic E-state index is 13.7. The molecule has 2 aromatic heterocycles. The van der Waals surface area contributed by atoms with Crippen molar-refractivity contribution in [1.82, 2.24) is 14.5 Å². The molecule has 0 saturated heterocycles. The first-order valence-corrected chi connectivity index (χ1v) is 12.0. The Balaban J connectivity index is 1.60. The molecule has 0 bridgehead atoms. The van der Waals surface area contributed by atoms with Crippen LogP contribution in [0, 0.1) is 18.8 Å². The third-order valence-electron chi connectivity index (χ3n) is 6.08. The van der Waals surface area contributed by atoms with Crippen LogP contribution < -0.4 is 15.0 Å². The molecule has 6 nitrogen and oxygen atoms in total. The van der Waals surface area contributed by atoms with Crippen molar-refractivity contribution >= 4 is 23.1 Å². The van der Waals surface area contributed by atoms with Gasteiger partial charge >= 0.3 is 0 Å². The third-order valence-corrected chi connectivity index (χ3v) is 6.08. The third kappa shape index (κ3) is 5.04. The van der Waals surface area contributed by atoms with Crippen molar-refractivity contribution in [2.24, 2.45) is 0 Å². The van der Waals surface area contributed by atoms with Gasteiger partial charge in [-0.3, -0.25) is 14.3 Å². The van der Waals surface area contributed by atoms with Gasteiger partial charge in [0.1, 0.15) is 5.82 Å². The fourth-order valence-electron chi connectivity index (χ4n) is 4.19. The zero-order chi connectivity index (χ0) is 26.5. The van der Waals surface area contributed by atoms with Crippen molar-refractivity contribution in [3.8, 4) is 29.0 Å². The highest BCUT2D eigenvalue weighted by Crippen LogP contribution is 2.28. The van der Waals surface area contributed by atoms with Crippen LogP contribution in [-0.4, -0.2) is 28.8 Å².